The van der Waals surface area contributed by atoms with Gasteiger partial charge < -0.3 is 10.1 Å². The summed E-state index contributed by atoms with van der Waals surface area (Å²) >= 11 is 6.11. The van der Waals surface area contributed by atoms with Crippen molar-refractivity contribution >= 4 is 23.2 Å². The predicted octanol–water partition coefficient (Wildman–Crippen LogP) is 3.50. The number of hydrogen-bond donors (Lipinski definition) is 1. The molecular formula is C16H13ClN2O4. The van der Waals surface area contributed by atoms with Crippen molar-refractivity contribution in [3.8, 4) is 5.75 Å². The molecule has 1 N–H and O–H groups in total. The highest BCUT2D eigenvalue weighted by atomic mass is 35.5. The lowest BCUT2D eigenvalue weighted by atomic mass is 10.00. The van der Waals surface area contributed by atoms with E-state index in [9.17, 15) is 14.9 Å². The Morgan fingerprint density at radius 3 is 2.70 bits per heavy atom. The first-order chi connectivity index (χ1) is 11.1. The zero-order valence-electron chi connectivity index (χ0n) is 12.0. The molecule has 1 unspecified atom stereocenters. The molecule has 0 aliphatic carbocycles. The van der Waals surface area contributed by atoms with Gasteiger partial charge in [-0.05, 0) is 18.2 Å². The van der Waals surface area contributed by atoms with E-state index in [1.807, 2.05) is 6.07 Å². The van der Waals surface area contributed by atoms with Crippen molar-refractivity contribution in [2.24, 2.45) is 0 Å². The smallest absolute Gasteiger partial charge is 0.269 e. The monoisotopic (exact) mass is 332 g/mol. The third-order valence-electron chi connectivity index (χ3n) is 3.67. The number of nitrogens with one attached hydrogen (secondary N) is 1. The van der Waals surface area contributed by atoms with Crippen molar-refractivity contribution in [3.63, 3.8) is 0 Å². The summed E-state index contributed by atoms with van der Waals surface area (Å²) in [7, 11) is 0. The average molecular weight is 333 g/mol. The van der Waals surface area contributed by atoms with E-state index in [1.165, 1.54) is 24.3 Å². The highest BCUT2D eigenvalue weighted by Crippen LogP contribution is 2.37. The highest BCUT2D eigenvalue weighted by molar-refractivity contribution is 6.32. The number of rotatable bonds is 3. The van der Waals surface area contributed by atoms with Crippen molar-refractivity contribution in [1.29, 1.82) is 0 Å². The van der Waals surface area contributed by atoms with Crippen LogP contribution in [0, 0.1) is 10.1 Å². The minimum absolute atomic E-state index is 0.0512. The average Bonchev–Trinajstić information content (AvgIpc) is 2.56. The molecule has 0 saturated heterocycles. The number of carbonyl (C=O) groups is 1. The Kier molecular flexibility index (Phi) is 4.16. The van der Waals surface area contributed by atoms with Crippen molar-refractivity contribution in [2.45, 2.75) is 12.5 Å². The van der Waals surface area contributed by atoms with Crippen molar-refractivity contribution in [2.75, 3.05) is 6.61 Å². The van der Waals surface area contributed by atoms with E-state index in [4.69, 9.17) is 16.3 Å². The number of nitro groups is 1. The van der Waals surface area contributed by atoms with Crippen LogP contribution in [0.1, 0.15) is 28.4 Å². The van der Waals surface area contributed by atoms with Gasteiger partial charge in [0.1, 0.15) is 5.75 Å². The summed E-state index contributed by atoms with van der Waals surface area (Å²) in [6, 6.07) is 10.7. The second kappa shape index (κ2) is 6.26. The minimum Gasteiger partial charge on any atom is -0.492 e. The summed E-state index contributed by atoms with van der Waals surface area (Å²) in [4.78, 5) is 22.5. The lowest BCUT2D eigenvalue weighted by Gasteiger charge is -2.27. The number of hydrogen-bond acceptors (Lipinski definition) is 4. The van der Waals surface area contributed by atoms with Gasteiger partial charge in [0.05, 0.1) is 22.6 Å². The third-order valence-corrected chi connectivity index (χ3v) is 3.97. The quantitative estimate of drug-likeness (QED) is 0.689. The molecule has 1 atom stereocenters. The molecule has 6 nitrogen and oxygen atoms in total. The summed E-state index contributed by atoms with van der Waals surface area (Å²) in [6.07, 6.45) is 0.631. The van der Waals surface area contributed by atoms with Crippen LogP contribution in [0.15, 0.2) is 42.5 Å². The molecule has 0 spiro atoms. The van der Waals surface area contributed by atoms with Gasteiger partial charge in [-0.3, -0.25) is 14.9 Å². The molecule has 0 fully saturated rings. The molecule has 118 valence electrons. The molecule has 0 aromatic heterocycles. The van der Waals surface area contributed by atoms with E-state index < -0.39 is 4.92 Å². The van der Waals surface area contributed by atoms with Gasteiger partial charge >= 0.3 is 0 Å². The Bertz CT molecular complexity index is 761. The fraction of sp³-hybridized carbons (Fsp3) is 0.188. The normalized spacial score (nSPS) is 16.1. The van der Waals surface area contributed by atoms with Crippen molar-refractivity contribution in [1.82, 2.24) is 5.32 Å². The molecule has 0 bridgehead atoms. The van der Waals surface area contributed by atoms with Gasteiger partial charge in [0.2, 0.25) is 0 Å². The second-order valence-corrected chi connectivity index (χ2v) is 5.53. The number of ether oxygens (including phenoxy) is 1. The van der Waals surface area contributed by atoms with E-state index in [0.717, 1.165) is 5.56 Å². The number of nitro benzene ring substituents is 1. The maximum absolute atomic E-state index is 12.3. The van der Waals surface area contributed by atoms with Crippen LogP contribution in [0.4, 0.5) is 5.69 Å². The molecular weight excluding hydrogens is 320 g/mol. The number of benzene rings is 2. The Hall–Kier alpha value is -2.60. The number of fused-ring (bicyclic) bond motifs is 1. The Morgan fingerprint density at radius 1 is 1.26 bits per heavy atom. The van der Waals surface area contributed by atoms with Crippen molar-refractivity contribution < 1.29 is 14.5 Å². The fourth-order valence-electron chi connectivity index (χ4n) is 2.51. The first-order valence-corrected chi connectivity index (χ1v) is 7.40. The van der Waals surface area contributed by atoms with Gasteiger partial charge in [0.25, 0.3) is 11.6 Å². The number of carbonyl (C=O) groups excluding carboxylic acids is 1. The molecule has 23 heavy (non-hydrogen) atoms. The zero-order chi connectivity index (χ0) is 16.4. The lowest BCUT2D eigenvalue weighted by molar-refractivity contribution is -0.384. The maximum atomic E-state index is 12.3. The van der Waals surface area contributed by atoms with Crippen LogP contribution in [0.3, 0.4) is 0 Å². The maximum Gasteiger partial charge on any atom is 0.269 e. The van der Waals surface area contributed by atoms with Gasteiger partial charge in [-0.2, -0.15) is 0 Å². The topological polar surface area (TPSA) is 81.5 Å². The fourth-order valence-corrected chi connectivity index (χ4v) is 2.75. The van der Waals surface area contributed by atoms with Gasteiger partial charge in [-0.15, -0.1) is 0 Å². The summed E-state index contributed by atoms with van der Waals surface area (Å²) < 4.78 is 5.56. The van der Waals surface area contributed by atoms with E-state index in [1.54, 1.807) is 12.1 Å². The van der Waals surface area contributed by atoms with Crippen LogP contribution in [-0.2, 0) is 0 Å². The SMILES string of the molecule is O=C(NC1CCOc2c(Cl)cccc21)c1ccc([N+](=O)[O-])cc1. The first kappa shape index (κ1) is 15.3. The second-order valence-electron chi connectivity index (χ2n) is 5.13. The minimum atomic E-state index is -0.502. The van der Waals surface area contributed by atoms with Crippen molar-refractivity contribution in [3.05, 3.63) is 68.7 Å². The molecule has 2 aromatic carbocycles. The molecule has 1 heterocycles. The predicted molar refractivity (Wildman–Crippen MR) is 84.9 cm³/mol. The summed E-state index contributed by atoms with van der Waals surface area (Å²) in [5.74, 6) is 0.298. The molecule has 1 aliphatic heterocycles. The number of nitrogens with zero attached hydrogens (tertiary/aromatic N) is 1. The Morgan fingerprint density at radius 2 is 2.00 bits per heavy atom. The molecule has 1 aliphatic rings. The van der Waals surface area contributed by atoms with Crippen LogP contribution in [0.25, 0.3) is 0 Å². The van der Waals surface area contributed by atoms with Crippen LogP contribution in [-0.4, -0.2) is 17.4 Å². The van der Waals surface area contributed by atoms with Crippen LogP contribution < -0.4 is 10.1 Å². The van der Waals surface area contributed by atoms with Gasteiger partial charge in [0.15, 0.2) is 0 Å². The van der Waals surface area contributed by atoms with Crippen LogP contribution >= 0.6 is 11.6 Å². The van der Waals surface area contributed by atoms with E-state index in [2.05, 4.69) is 5.32 Å². The van der Waals surface area contributed by atoms with Gasteiger partial charge in [0, 0.05) is 29.7 Å². The zero-order valence-corrected chi connectivity index (χ0v) is 12.7. The Labute approximate surface area is 137 Å². The third kappa shape index (κ3) is 3.12. The standard InChI is InChI=1S/C16H13ClN2O4/c17-13-3-1-2-12-14(8-9-23-15(12)13)18-16(20)10-4-6-11(7-5-10)19(21)22/h1-7,14H,8-9H2,(H,18,20). The van der Waals surface area contributed by atoms with Gasteiger partial charge in [-0.1, -0.05) is 23.7 Å². The largest absolute Gasteiger partial charge is 0.492 e. The van der Waals surface area contributed by atoms with Crippen LogP contribution in [0.5, 0.6) is 5.75 Å². The number of amides is 1. The highest BCUT2D eigenvalue weighted by Gasteiger charge is 2.25. The first-order valence-electron chi connectivity index (χ1n) is 7.03. The van der Waals surface area contributed by atoms with E-state index in [0.29, 0.717) is 29.4 Å². The lowest BCUT2D eigenvalue weighted by Crippen LogP contribution is -2.32. The number of halogens is 1. The number of para-hydroxylation sites is 1. The molecule has 2 aromatic rings. The summed E-state index contributed by atoms with van der Waals surface area (Å²) in [5, 5.41) is 14.1. The number of non-ortho nitro benzene ring substituents is 1. The Balaban J connectivity index is 1.79. The summed E-state index contributed by atoms with van der Waals surface area (Å²) in [5.41, 5.74) is 1.15. The van der Waals surface area contributed by atoms with Crippen LogP contribution in [0.2, 0.25) is 5.02 Å². The van der Waals surface area contributed by atoms with E-state index >= 15 is 0 Å². The molecule has 3 rings (SSSR count). The molecule has 7 heteroatoms. The molecule has 0 saturated carbocycles. The molecule has 1 amide bonds. The van der Waals surface area contributed by atoms with E-state index in [-0.39, 0.29) is 17.6 Å². The molecule has 0 radical (unpaired) electrons. The summed E-state index contributed by atoms with van der Waals surface area (Å²) in [6.45, 7) is 0.460. The van der Waals surface area contributed by atoms with Gasteiger partial charge in [-0.25, -0.2) is 0 Å².